The molecule has 3 heteroatoms. The summed E-state index contributed by atoms with van der Waals surface area (Å²) in [4.78, 5) is 21.6. The van der Waals surface area contributed by atoms with E-state index in [1.807, 2.05) is 72.9 Å². The first-order valence-corrected chi connectivity index (χ1v) is 8.68. The molecule has 126 valence electrons. The van der Waals surface area contributed by atoms with E-state index in [4.69, 9.17) is 0 Å². The van der Waals surface area contributed by atoms with Crippen molar-refractivity contribution in [2.75, 3.05) is 0 Å². The van der Waals surface area contributed by atoms with Crippen LogP contribution in [0.1, 0.15) is 22.5 Å². The normalized spacial score (nSPS) is 10.8. The largest absolute Gasteiger partial charge is 0.292 e. The number of pyridine rings is 2. The van der Waals surface area contributed by atoms with E-state index in [9.17, 15) is 4.79 Å². The van der Waals surface area contributed by atoms with Gasteiger partial charge in [-0.05, 0) is 29.7 Å². The van der Waals surface area contributed by atoms with Gasteiger partial charge in [0.1, 0.15) is 5.69 Å². The van der Waals surface area contributed by atoms with Crippen LogP contribution in [0.2, 0.25) is 0 Å². The van der Waals surface area contributed by atoms with Gasteiger partial charge in [-0.2, -0.15) is 0 Å². The number of aromatic nitrogens is 2. The molecule has 0 saturated carbocycles. The standard InChI is InChI=1S/C23H18N2O/c26-22(14-11-17-7-3-1-4-8-17)21-13-12-19-15-24-16-20(23(19)25-21)18-9-5-2-6-10-18/h1-10,12-13,15-16H,11,14H2. The Morgan fingerprint density at radius 2 is 1.54 bits per heavy atom. The molecule has 0 aliphatic rings. The predicted octanol–water partition coefficient (Wildman–Crippen LogP) is 5.11. The van der Waals surface area contributed by atoms with Crippen LogP contribution in [-0.4, -0.2) is 15.8 Å². The van der Waals surface area contributed by atoms with Gasteiger partial charge in [-0.3, -0.25) is 9.78 Å². The lowest BCUT2D eigenvalue weighted by molar-refractivity contribution is 0.0978. The van der Waals surface area contributed by atoms with Crippen LogP contribution in [-0.2, 0) is 6.42 Å². The highest BCUT2D eigenvalue weighted by molar-refractivity contribution is 5.99. The molecule has 0 spiro atoms. The first-order chi connectivity index (χ1) is 12.8. The van der Waals surface area contributed by atoms with Crippen LogP contribution >= 0.6 is 0 Å². The number of ketones is 1. The van der Waals surface area contributed by atoms with E-state index in [0.717, 1.165) is 34.0 Å². The lowest BCUT2D eigenvalue weighted by Crippen LogP contribution is -2.04. The van der Waals surface area contributed by atoms with Crippen molar-refractivity contribution in [2.45, 2.75) is 12.8 Å². The van der Waals surface area contributed by atoms with Crippen molar-refractivity contribution in [1.82, 2.24) is 9.97 Å². The molecule has 0 radical (unpaired) electrons. The van der Waals surface area contributed by atoms with Crippen molar-refractivity contribution >= 4 is 16.7 Å². The van der Waals surface area contributed by atoms with E-state index < -0.39 is 0 Å². The molecule has 0 fully saturated rings. The summed E-state index contributed by atoms with van der Waals surface area (Å²) < 4.78 is 0. The molecule has 0 aliphatic carbocycles. The highest BCUT2D eigenvalue weighted by atomic mass is 16.1. The topological polar surface area (TPSA) is 42.9 Å². The van der Waals surface area contributed by atoms with Crippen LogP contribution in [0, 0.1) is 0 Å². The van der Waals surface area contributed by atoms with Gasteiger partial charge < -0.3 is 0 Å². The summed E-state index contributed by atoms with van der Waals surface area (Å²) in [6.45, 7) is 0. The molecule has 4 rings (SSSR count). The molecule has 2 heterocycles. The number of Topliss-reactive ketones (excluding diaryl/α,β-unsaturated/α-hetero) is 1. The Bertz CT molecular complexity index is 1040. The Morgan fingerprint density at radius 1 is 0.808 bits per heavy atom. The molecule has 0 unspecified atom stereocenters. The summed E-state index contributed by atoms with van der Waals surface area (Å²) >= 11 is 0. The van der Waals surface area contributed by atoms with Gasteiger partial charge in [0.15, 0.2) is 5.78 Å². The van der Waals surface area contributed by atoms with Gasteiger partial charge in [-0.15, -0.1) is 0 Å². The second-order valence-electron chi connectivity index (χ2n) is 6.23. The summed E-state index contributed by atoms with van der Waals surface area (Å²) in [5, 5.41) is 0.936. The average Bonchev–Trinajstić information content (AvgIpc) is 2.72. The van der Waals surface area contributed by atoms with Gasteiger partial charge in [0.05, 0.1) is 5.52 Å². The number of rotatable bonds is 5. The van der Waals surface area contributed by atoms with Gasteiger partial charge in [0, 0.05) is 29.8 Å². The van der Waals surface area contributed by atoms with Crippen LogP contribution in [0.3, 0.4) is 0 Å². The van der Waals surface area contributed by atoms with Crippen molar-refractivity contribution in [1.29, 1.82) is 0 Å². The SMILES string of the molecule is O=C(CCc1ccccc1)c1ccc2cncc(-c3ccccc3)c2n1. The fraction of sp³-hybridized carbons (Fsp3) is 0.0870. The van der Waals surface area contributed by atoms with Crippen LogP contribution < -0.4 is 0 Å². The lowest BCUT2D eigenvalue weighted by Gasteiger charge is -2.07. The number of carbonyl (C=O) groups is 1. The second kappa shape index (κ2) is 7.28. The first kappa shape index (κ1) is 16.2. The van der Waals surface area contributed by atoms with Crippen molar-refractivity contribution in [3.05, 3.63) is 96.4 Å². The minimum absolute atomic E-state index is 0.0616. The van der Waals surface area contributed by atoms with Crippen molar-refractivity contribution < 1.29 is 4.79 Å². The highest BCUT2D eigenvalue weighted by Gasteiger charge is 2.12. The second-order valence-corrected chi connectivity index (χ2v) is 6.23. The Kier molecular flexibility index (Phi) is 4.52. The zero-order valence-electron chi connectivity index (χ0n) is 14.3. The van der Waals surface area contributed by atoms with Gasteiger partial charge in [-0.1, -0.05) is 60.7 Å². The van der Waals surface area contributed by atoms with Crippen molar-refractivity contribution in [2.24, 2.45) is 0 Å². The van der Waals surface area contributed by atoms with E-state index in [0.29, 0.717) is 12.1 Å². The number of hydrogen-bond acceptors (Lipinski definition) is 3. The monoisotopic (exact) mass is 338 g/mol. The molecule has 0 atom stereocenters. The molecular formula is C23H18N2O. The number of benzene rings is 2. The molecule has 2 aromatic heterocycles. The average molecular weight is 338 g/mol. The Labute approximate surface area is 152 Å². The van der Waals surface area contributed by atoms with Gasteiger partial charge in [-0.25, -0.2) is 4.98 Å². The third-order valence-electron chi connectivity index (χ3n) is 4.45. The fourth-order valence-electron chi connectivity index (χ4n) is 3.06. The molecule has 0 aliphatic heterocycles. The molecule has 0 amide bonds. The van der Waals surface area contributed by atoms with Gasteiger partial charge >= 0.3 is 0 Å². The maximum Gasteiger partial charge on any atom is 0.181 e. The van der Waals surface area contributed by atoms with Crippen molar-refractivity contribution in [3.63, 3.8) is 0 Å². The molecule has 0 bridgehead atoms. The Hall–Kier alpha value is -3.33. The van der Waals surface area contributed by atoms with E-state index in [-0.39, 0.29) is 5.78 Å². The van der Waals surface area contributed by atoms with E-state index in [1.54, 1.807) is 12.3 Å². The molecular weight excluding hydrogens is 320 g/mol. The van der Waals surface area contributed by atoms with Crippen LogP contribution in [0.15, 0.2) is 85.2 Å². The zero-order valence-corrected chi connectivity index (χ0v) is 14.3. The maximum atomic E-state index is 12.6. The summed E-state index contributed by atoms with van der Waals surface area (Å²) in [5.41, 5.74) is 4.48. The maximum absolute atomic E-state index is 12.6. The fourth-order valence-corrected chi connectivity index (χ4v) is 3.06. The third-order valence-corrected chi connectivity index (χ3v) is 4.45. The van der Waals surface area contributed by atoms with E-state index in [2.05, 4.69) is 9.97 Å². The van der Waals surface area contributed by atoms with Crippen LogP contribution in [0.5, 0.6) is 0 Å². The number of nitrogens with zero attached hydrogens (tertiary/aromatic N) is 2. The summed E-state index contributed by atoms with van der Waals surface area (Å²) in [6.07, 6.45) is 4.77. The Morgan fingerprint density at radius 3 is 2.31 bits per heavy atom. The number of hydrogen-bond donors (Lipinski definition) is 0. The van der Waals surface area contributed by atoms with E-state index >= 15 is 0 Å². The van der Waals surface area contributed by atoms with Crippen LogP contribution in [0.25, 0.3) is 22.0 Å². The molecule has 3 nitrogen and oxygen atoms in total. The van der Waals surface area contributed by atoms with E-state index in [1.165, 1.54) is 0 Å². The number of aryl methyl sites for hydroxylation is 1. The molecule has 0 saturated heterocycles. The molecule has 26 heavy (non-hydrogen) atoms. The summed E-state index contributed by atoms with van der Waals surface area (Å²) in [5.74, 6) is 0.0616. The lowest BCUT2D eigenvalue weighted by atomic mass is 10.0. The molecule has 4 aromatic rings. The zero-order chi connectivity index (χ0) is 17.8. The molecule has 0 N–H and O–H groups in total. The molecule has 2 aromatic carbocycles. The van der Waals surface area contributed by atoms with Crippen molar-refractivity contribution in [3.8, 4) is 11.1 Å². The Balaban J connectivity index is 1.65. The third kappa shape index (κ3) is 3.38. The minimum Gasteiger partial charge on any atom is -0.292 e. The van der Waals surface area contributed by atoms with Gasteiger partial charge in [0.2, 0.25) is 0 Å². The predicted molar refractivity (Wildman–Crippen MR) is 104 cm³/mol. The summed E-state index contributed by atoms with van der Waals surface area (Å²) in [7, 11) is 0. The summed E-state index contributed by atoms with van der Waals surface area (Å²) in [6, 6.07) is 23.8. The van der Waals surface area contributed by atoms with Crippen LogP contribution in [0.4, 0.5) is 0 Å². The first-order valence-electron chi connectivity index (χ1n) is 8.68. The number of carbonyl (C=O) groups excluding carboxylic acids is 1. The van der Waals surface area contributed by atoms with Gasteiger partial charge in [0.25, 0.3) is 0 Å². The smallest absolute Gasteiger partial charge is 0.181 e. The highest BCUT2D eigenvalue weighted by Crippen LogP contribution is 2.26. The number of fused-ring (bicyclic) bond motifs is 1. The quantitative estimate of drug-likeness (QED) is 0.475. The minimum atomic E-state index is 0.0616.